The molecule has 0 radical (unpaired) electrons. The summed E-state index contributed by atoms with van der Waals surface area (Å²) in [5.41, 5.74) is 0.653. The van der Waals surface area contributed by atoms with Gasteiger partial charge >= 0.3 is 5.97 Å². The summed E-state index contributed by atoms with van der Waals surface area (Å²) >= 11 is 0. The number of nitrogens with zero attached hydrogens (tertiary/aromatic N) is 3. The summed E-state index contributed by atoms with van der Waals surface area (Å²) in [5.74, 6) is -1.76. The van der Waals surface area contributed by atoms with E-state index in [1.54, 1.807) is 32.3 Å². The highest BCUT2D eigenvalue weighted by molar-refractivity contribution is 6.01. The molecule has 0 aliphatic carbocycles. The molecule has 2 N–H and O–H groups in total. The fraction of sp³-hybridized carbons (Fsp3) is 0.333. The van der Waals surface area contributed by atoms with Gasteiger partial charge in [-0.1, -0.05) is 13.8 Å². The minimum Gasteiger partial charge on any atom is -0.480 e. The van der Waals surface area contributed by atoms with E-state index in [1.165, 1.54) is 10.7 Å². The molecule has 0 saturated carbocycles. The number of nitrogens with one attached hydrogen (secondary N) is 1. The van der Waals surface area contributed by atoms with Crippen LogP contribution in [0.1, 0.15) is 24.2 Å². The quantitative estimate of drug-likeness (QED) is 0.839. The summed E-state index contributed by atoms with van der Waals surface area (Å²) in [6.45, 7) is 3.46. The van der Waals surface area contributed by atoms with E-state index in [0.717, 1.165) is 0 Å². The molecular weight excluding hydrogens is 248 g/mol. The zero-order chi connectivity index (χ0) is 14.0. The van der Waals surface area contributed by atoms with Crippen molar-refractivity contribution in [2.24, 2.45) is 5.92 Å². The molecule has 7 heteroatoms. The first-order chi connectivity index (χ1) is 9.00. The largest absolute Gasteiger partial charge is 0.480 e. The third-order valence-corrected chi connectivity index (χ3v) is 2.74. The zero-order valence-electron chi connectivity index (χ0n) is 10.6. The monoisotopic (exact) mass is 262 g/mol. The molecule has 100 valence electrons. The fourth-order valence-electron chi connectivity index (χ4n) is 1.72. The van der Waals surface area contributed by atoms with Gasteiger partial charge in [-0.25, -0.2) is 14.3 Å². The van der Waals surface area contributed by atoms with Gasteiger partial charge in [0, 0.05) is 12.4 Å². The maximum atomic E-state index is 12.1. The van der Waals surface area contributed by atoms with E-state index in [2.05, 4.69) is 15.4 Å². The number of carboxylic acids is 1. The van der Waals surface area contributed by atoms with Crippen LogP contribution < -0.4 is 5.32 Å². The Morgan fingerprint density at radius 2 is 2.16 bits per heavy atom. The van der Waals surface area contributed by atoms with E-state index in [0.29, 0.717) is 5.65 Å². The lowest BCUT2D eigenvalue weighted by molar-refractivity contribution is -0.140. The molecule has 19 heavy (non-hydrogen) atoms. The summed E-state index contributed by atoms with van der Waals surface area (Å²) in [4.78, 5) is 27.2. The molecule has 1 amide bonds. The smallest absolute Gasteiger partial charge is 0.326 e. The summed E-state index contributed by atoms with van der Waals surface area (Å²) in [7, 11) is 0. The number of carbonyl (C=O) groups is 2. The van der Waals surface area contributed by atoms with Crippen molar-refractivity contribution in [3.63, 3.8) is 0 Å². The van der Waals surface area contributed by atoms with E-state index >= 15 is 0 Å². The maximum absolute atomic E-state index is 12.1. The summed E-state index contributed by atoms with van der Waals surface area (Å²) < 4.78 is 1.46. The SMILES string of the molecule is CC(C)[C@H](NC(=O)c1cnn2cccnc12)C(=O)O. The van der Waals surface area contributed by atoms with E-state index in [9.17, 15) is 9.59 Å². The number of hydrogen-bond donors (Lipinski definition) is 2. The molecule has 2 aromatic rings. The van der Waals surface area contributed by atoms with Crippen molar-refractivity contribution in [2.75, 3.05) is 0 Å². The van der Waals surface area contributed by atoms with Crippen LogP contribution in [0.2, 0.25) is 0 Å². The van der Waals surface area contributed by atoms with Crippen molar-refractivity contribution < 1.29 is 14.7 Å². The molecule has 0 aromatic carbocycles. The predicted molar refractivity (Wildman–Crippen MR) is 66.7 cm³/mol. The van der Waals surface area contributed by atoms with Gasteiger partial charge in [0.15, 0.2) is 5.65 Å². The van der Waals surface area contributed by atoms with Gasteiger partial charge in [0.05, 0.1) is 6.20 Å². The number of aromatic nitrogens is 3. The van der Waals surface area contributed by atoms with Crippen LogP contribution in [0.3, 0.4) is 0 Å². The second-order valence-electron chi connectivity index (χ2n) is 4.48. The topological polar surface area (TPSA) is 96.6 Å². The molecule has 2 rings (SSSR count). The average molecular weight is 262 g/mol. The van der Waals surface area contributed by atoms with Crippen LogP contribution >= 0.6 is 0 Å². The number of aliphatic carboxylic acids is 1. The molecule has 7 nitrogen and oxygen atoms in total. The Morgan fingerprint density at radius 1 is 1.42 bits per heavy atom. The van der Waals surface area contributed by atoms with Crippen molar-refractivity contribution >= 4 is 17.5 Å². The number of rotatable bonds is 4. The highest BCUT2D eigenvalue weighted by Gasteiger charge is 2.25. The summed E-state index contributed by atoms with van der Waals surface area (Å²) in [6.07, 6.45) is 4.58. The van der Waals surface area contributed by atoms with E-state index in [-0.39, 0.29) is 11.5 Å². The lowest BCUT2D eigenvalue weighted by atomic mass is 10.0. The van der Waals surface area contributed by atoms with Crippen molar-refractivity contribution in [1.29, 1.82) is 0 Å². The van der Waals surface area contributed by atoms with Crippen LogP contribution in [0.4, 0.5) is 0 Å². The summed E-state index contributed by atoms with van der Waals surface area (Å²) in [6, 6.07) is 0.752. The Balaban J connectivity index is 2.27. The van der Waals surface area contributed by atoms with Crippen LogP contribution in [0.25, 0.3) is 5.65 Å². The van der Waals surface area contributed by atoms with Crippen LogP contribution in [-0.4, -0.2) is 37.6 Å². The number of carboxylic acid groups (broad SMARTS) is 1. The average Bonchev–Trinajstić information content (AvgIpc) is 2.78. The molecular formula is C12H14N4O3. The number of fused-ring (bicyclic) bond motifs is 1. The third kappa shape index (κ3) is 2.54. The van der Waals surface area contributed by atoms with E-state index < -0.39 is 17.9 Å². The van der Waals surface area contributed by atoms with Gasteiger partial charge in [0.2, 0.25) is 0 Å². The Labute approximate surface area is 109 Å². The Bertz CT molecular complexity index is 620. The van der Waals surface area contributed by atoms with E-state index in [1.807, 2.05) is 0 Å². The lowest BCUT2D eigenvalue weighted by Crippen LogP contribution is -2.44. The summed E-state index contributed by atoms with van der Waals surface area (Å²) in [5, 5.41) is 15.5. The second kappa shape index (κ2) is 5.05. The molecule has 0 unspecified atom stereocenters. The molecule has 2 aromatic heterocycles. The van der Waals surface area contributed by atoms with Gasteiger partial charge < -0.3 is 10.4 Å². The molecule has 1 atom stereocenters. The molecule has 0 aliphatic heterocycles. The Morgan fingerprint density at radius 3 is 2.79 bits per heavy atom. The first-order valence-electron chi connectivity index (χ1n) is 5.82. The number of hydrogen-bond acceptors (Lipinski definition) is 4. The Hall–Kier alpha value is -2.44. The minimum atomic E-state index is -1.06. The minimum absolute atomic E-state index is 0.212. The van der Waals surface area contributed by atoms with Gasteiger partial charge in [0.1, 0.15) is 11.6 Å². The normalized spacial score (nSPS) is 12.6. The molecule has 2 heterocycles. The zero-order valence-corrected chi connectivity index (χ0v) is 10.6. The standard InChI is InChI=1S/C12H14N4O3/c1-7(2)9(12(18)19)15-11(17)8-6-14-16-5-3-4-13-10(8)16/h3-7,9H,1-2H3,(H,15,17)(H,18,19)/t9-/m0/s1. The highest BCUT2D eigenvalue weighted by Crippen LogP contribution is 2.09. The first-order valence-corrected chi connectivity index (χ1v) is 5.82. The second-order valence-corrected chi connectivity index (χ2v) is 4.48. The van der Waals surface area contributed by atoms with Crippen LogP contribution in [0.5, 0.6) is 0 Å². The molecule has 0 aliphatic rings. The number of amides is 1. The molecule has 0 bridgehead atoms. The number of carbonyl (C=O) groups excluding carboxylic acids is 1. The van der Waals surface area contributed by atoms with Gasteiger partial charge in [-0.2, -0.15) is 5.10 Å². The van der Waals surface area contributed by atoms with Gasteiger partial charge in [-0.3, -0.25) is 4.79 Å². The van der Waals surface area contributed by atoms with Crippen molar-refractivity contribution in [3.8, 4) is 0 Å². The fourth-order valence-corrected chi connectivity index (χ4v) is 1.72. The van der Waals surface area contributed by atoms with Crippen molar-refractivity contribution in [3.05, 3.63) is 30.2 Å². The van der Waals surface area contributed by atoms with E-state index in [4.69, 9.17) is 5.11 Å². The van der Waals surface area contributed by atoms with Crippen LogP contribution in [0, 0.1) is 5.92 Å². The van der Waals surface area contributed by atoms with Crippen LogP contribution in [0.15, 0.2) is 24.7 Å². The van der Waals surface area contributed by atoms with Gasteiger partial charge in [0.25, 0.3) is 5.91 Å². The maximum Gasteiger partial charge on any atom is 0.326 e. The van der Waals surface area contributed by atoms with Gasteiger partial charge in [-0.15, -0.1) is 0 Å². The predicted octanol–water partition coefficient (Wildman–Crippen LogP) is 0.568. The Kier molecular flexibility index (Phi) is 3.46. The molecule has 0 fully saturated rings. The van der Waals surface area contributed by atoms with Crippen molar-refractivity contribution in [1.82, 2.24) is 19.9 Å². The lowest BCUT2D eigenvalue weighted by Gasteiger charge is -2.17. The van der Waals surface area contributed by atoms with Crippen molar-refractivity contribution in [2.45, 2.75) is 19.9 Å². The first kappa shape index (κ1) is 13.0. The van der Waals surface area contributed by atoms with Gasteiger partial charge in [-0.05, 0) is 12.0 Å². The highest BCUT2D eigenvalue weighted by atomic mass is 16.4. The molecule has 0 spiro atoms. The van der Waals surface area contributed by atoms with Crippen LogP contribution in [-0.2, 0) is 4.79 Å². The molecule has 0 saturated heterocycles. The third-order valence-electron chi connectivity index (χ3n) is 2.74.